The maximum Gasteiger partial charge on any atom is 0.416 e. The van der Waals surface area contributed by atoms with Gasteiger partial charge in [0.15, 0.2) is 0 Å². The average molecular weight is 1450 g/mol. The molecule has 0 spiro atoms. The number of aryl methyl sites for hydroxylation is 1. The number of sulfonamides is 3. The van der Waals surface area contributed by atoms with Gasteiger partial charge in [-0.25, -0.2) is 43.8 Å². The van der Waals surface area contributed by atoms with Crippen LogP contribution in [-0.2, 0) is 68.2 Å². The first-order valence-electron chi connectivity index (χ1n) is 31.4. The second kappa shape index (κ2) is 31.4. The summed E-state index contributed by atoms with van der Waals surface area (Å²) in [4.78, 5) is 4.50. The first kappa shape index (κ1) is 73.9. The van der Waals surface area contributed by atoms with Gasteiger partial charge in [-0.15, -0.1) is 0 Å². The van der Waals surface area contributed by atoms with Crippen molar-refractivity contribution in [1.82, 2.24) is 28.9 Å². The molecule has 3 saturated heterocycles. The van der Waals surface area contributed by atoms with Crippen molar-refractivity contribution in [1.29, 1.82) is 0 Å². The molecule has 9 aromatic carbocycles. The number of benzene rings is 9. The number of alkyl halides is 9. The number of hydrogen-bond donors (Lipinski definition) is 3. The van der Waals surface area contributed by atoms with Crippen molar-refractivity contribution >= 4 is 41.7 Å². The Hall–Kier alpha value is -7.82. The van der Waals surface area contributed by atoms with Gasteiger partial charge in [0.2, 0.25) is 30.1 Å². The largest absolute Gasteiger partial charge is 0.416 e. The molecule has 3 N–H and O–H groups in total. The Morgan fingerprint density at radius 2 is 0.707 bits per heavy atom. The molecule has 522 valence electrons. The molecular weight excluding hydrogens is 1380 g/mol. The molecule has 0 aliphatic carbocycles. The minimum atomic E-state index is -4.77. The molecule has 3 aliphatic rings. The Kier molecular flexibility index (Phi) is 23.4. The van der Waals surface area contributed by atoms with Crippen LogP contribution in [-0.4, -0.2) is 97.3 Å². The molecule has 12 rings (SSSR count). The van der Waals surface area contributed by atoms with Crippen molar-refractivity contribution in [3.8, 4) is 33.4 Å². The third kappa shape index (κ3) is 20.2. The summed E-state index contributed by atoms with van der Waals surface area (Å²) in [5.74, 6) is -1.22. The van der Waals surface area contributed by atoms with E-state index in [1.165, 1.54) is 13.0 Å². The van der Waals surface area contributed by atoms with Gasteiger partial charge >= 0.3 is 18.5 Å². The van der Waals surface area contributed by atoms with E-state index in [-0.39, 0.29) is 21.5 Å². The summed E-state index contributed by atoms with van der Waals surface area (Å²) in [5.41, 5.74) is 7.00. The van der Waals surface area contributed by atoms with Crippen LogP contribution in [0.4, 0.5) is 43.9 Å². The van der Waals surface area contributed by atoms with Crippen LogP contribution in [0.15, 0.2) is 233 Å². The zero-order valence-electron chi connectivity index (χ0n) is 53.2. The van der Waals surface area contributed by atoms with Gasteiger partial charge in [0.1, 0.15) is 10.7 Å². The van der Waals surface area contributed by atoms with Gasteiger partial charge in [0, 0.05) is 82.1 Å². The van der Waals surface area contributed by atoms with Crippen LogP contribution in [0, 0.1) is 12.7 Å². The summed E-state index contributed by atoms with van der Waals surface area (Å²) in [6, 6.07) is 59.8. The predicted molar refractivity (Wildman–Crippen MR) is 362 cm³/mol. The Bertz CT molecular complexity index is 4370. The fraction of sp³-hybridized carbons (Fsp3) is 0.260. The van der Waals surface area contributed by atoms with E-state index in [1.54, 1.807) is 0 Å². The molecule has 3 aliphatic heterocycles. The van der Waals surface area contributed by atoms with E-state index in [2.05, 4.69) is 72.5 Å². The summed E-state index contributed by atoms with van der Waals surface area (Å²) in [7, 11) is -12.7. The highest BCUT2D eigenvalue weighted by Crippen LogP contribution is 2.36. The number of rotatable bonds is 18. The van der Waals surface area contributed by atoms with Crippen molar-refractivity contribution in [2.45, 2.75) is 97.2 Å². The highest BCUT2D eigenvalue weighted by atomic mass is 35.5. The first-order chi connectivity index (χ1) is 46.8. The maximum atomic E-state index is 14.0. The van der Waals surface area contributed by atoms with E-state index in [9.17, 15) is 69.2 Å². The van der Waals surface area contributed by atoms with Crippen molar-refractivity contribution in [2.75, 3.05) is 39.3 Å². The summed E-state index contributed by atoms with van der Waals surface area (Å²) in [5, 5.41) is -0.280. The molecule has 3 fully saturated rings. The quantitative estimate of drug-likeness (QED) is 0.0714. The van der Waals surface area contributed by atoms with Gasteiger partial charge in [0.25, 0.3) is 0 Å². The zero-order chi connectivity index (χ0) is 70.9. The van der Waals surface area contributed by atoms with E-state index in [1.807, 2.05) is 120 Å². The molecule has 0 saturated carbocycles. The van der Waals surface area contributed by atoms with Crippen molar-refractivity contribution < 1.29 is 69.2 Å². The predicted octanol–water partition coefficient (Wildman–Crippen LogP) is 15.9. The lowest BCUT2D eigenvalue weighted by Gasteiger charge is -2.18. The van der Waals surface area contributed by atoms with Gasteiger partial charge in [-0.2, -0.15) is 39.5 Å². The van der Waals surface area contributed by atoms with Crippen LogP contribution in [0.5, 0.6) is 0 Å². The Morgan fingerprint density at radius 3 is 1.07 bits per heavy atom. The standard InChI is InChI=1S/C25H25F3N2O2S.C24H22ClF3N2O2S.C24H22F4N2O2S/c1-18-7-12-22(25(26,27)28)15-24(18)33(31,32)29-23-13-14-30(17-23)16-19-8-10-21(11-9-19)20-5-3-2-4-6-20;25-21-12-20(24(26,27)28)13-23(14-21)33(31,32)29-22-10-11-30(16-22)15-17-6-8-19(9-7-17)18-4-2-1-3-5-18;25-22-11-10-20(24(26,27)28)14-23(22)33(31,32)29-21-12-13-30(16-21)15-17-6-8-19(9-7-17)18-4-2-1-3-5-18/h2-12,15,23,29H,13-14,16-17H2,1H3;1-9,12-14,22,29H,10-11,15-16H2;1-11,14,21,29H,12-13,15-16H2/t23-;22-;21-/m111/s1. The lowest BCUT2D eigenvalue weighted by Crippen LogP contribution is -2.37. The molecule has 26 heteroatoms. The third-order valence-corrected chi connectivity index (χ3v) is 22.0. The highest BCUT2D eigenvalue weighted by Gasteiger charge is 2.38. The topological polar surface area (TPSA) is 148 Å². The van der Waals surface area contributed by atoms with Gasteiger partial charge in [-0.1, -0.05) is 181 Å². The minimum Gasteiger partial charge on any atom is -0.297 e. The summed E-state index contributed by atoms with van der Waals surface area (Å²) < 4.78 is 215. The number of nitrogens with one attached hydrogen (secondary N) is 3. The van der Waals surface area contributed by atoms with Crippen LogP contribution in [0.1, 0.15) is 58.2 Å². The molecule has 9 aromatic rings. The van der Waals surface area contributed by atoms with E-state index in [0.29, 0.717) is 115 Å². The normalized spacial score (nSPS) is 17.4. The molecule has 0 bridgehead atoms. The van der Waals surface area contributed by atoms with Crippen LogP contribution in [0.25, 0.3) is 33.4 Å². The second-order valence-electron chi connectivity index (χ2n) is 24.5. The average Bonchev–Trinajstić information content (AvgIpc) is 1.50. The van der Waals surface area contributed by atoms with Gasteiger partial charge in [-0.3, -0.25) is 14.7 Å². The molecular formula is C73H69ClF10N6O6S3. The number of halogens is 11. The highest BCUT2D eigenvalue weighted by molar-refractivity contribution is 7.90. The Morgan fingerprint density at radius 1 is 0.384 bits per heavy atom. The van der Waals surface area contributed by atoms with Gasteiger partial charge in [-0.05, 0) is 130 Å². The zero-order valence-corrected chi connectivity index (χ0v) is 56.4. The maximum absolute atomic E-state index is 14.0. The molecule has 0 aromatic heterocycles. The molecule has 0 radical (unpaired) electrons. The fourth-order valence-corrected chi connectivity index (χ4v) is 16.5. The number of nitrogens with zero attached hydrogens (tertiary/aromatic N) is 3. The van der Waals surface area contributed by atoms with Crippen LogP contribution in [0.3, 0.4) is 0 Å². The smallest absolute Gasteiger partial charge is 0.297 e. The fourth-order valence-electron chi connectivity index (χ4n) is 12.0. The van der Waals surface area contributed by atoms with E-state index >= 15 is 0 Å². The van der Waals surface area contributed by atoms with Crippen molar-refractivity contribution in [3.05, 3.63) is 268 Å². The summed E-state index contributed by atoms with van der Waals surface area (Å²) >= 11 is 5.74. The lowest BCUT2D eigenvalue weighted by molar-refractivity contribution is -0.138. The van der Waals surface area contributed by atoms with Gasteiger partial charge < -0.3 is 0 Å². The van der Waals surface area contributed by atoms with Gasteiger partial charge in [0.05, 0.1) is 26.5 Å². The van der Waals surface area contributed by atoms with Crippen LogP contribution < -0.4 is 14.2 Å². The van der Waals surface area contributed by atoms with Crippen LogP contribution in [0.2, 0.25) is 5.02 Å². The number of hydrogen-bond acceptors (Lipinski definition) is 9. The number of likely N-dealkylation sites (tertiary alicyclic amines) is 3. The van der Waals surface area contributed by atoms with Crippen molar-refractivity contribution in [3.63, 3.8) is 0 Å². The summed E-state index contributed by atoms with van der Waals surface area (Å²) in [6.07, 6.45) is -12.4. The molecule has 3 heterocycles. The first-order valence-corrected chi connectivity index (χ1v) is 36.3. The molecule has 0 unspecified atom stereocenters. The third-order valence-electron chi connectivity index (χ3n) is 17.0. The van der Waals surface area contributed by atoms with E-state index < -0.39 is 93.0 Å². The van der Waals surface area contributed by atoms with E-state index in [4.69, 9.17) is 11.6 Å². The molecule has 0 amide bonds. The lowest BCUT2D eigenvalue weighted by atomic mass is 10.0. The SMILES string of the molecule is Cc1ccc(C(F)(F)F)cc1S(=O)(=O)N[C@@H]1CCN(Cc2ccc(-c3ccccc3)cc2)C1.O=S(=O)(N[C@@H]1CCN(Cc2ccc(-c3ccccc3)cc2)C1)c1cc(C(F)(F)F)ccc1F.O=S(=O)(N[C@@H]1CCN(Cc2ccc(-c3ccccc3)cc2)C1)c1cc(Cl)cc(C(F)(F)F)c1. The Balaban J connectivity index is 0.000000161. The van der Waals surface area contributed by atoms with E-state index in [0.717, 1.165) is 62.2 Å². The molecule has 12 nitrogen and oxygen atoms in total. The second-order valence-corrected chi connectivity index (χ2v) is 30.0. The molecule has 99 heavy (non-hydrogen) atoms. The van der Waals surface area contributed by atoms with Crippen LogP contribution >= 0.6 is 11.6 Å². The minimum absolute atomic E-state index is 0.280. The molecule has 3 atom stereocenters. The Labute approximate surface area is 574 Å². The summed E-state index contributed by atoms with van der Waals surface area (Å²) in [6.45, 7) is 6.76. The monoisotopic (exact) mass is 1450 g/mol. The van der Waals surface area contributed by atoms with Crippen molar-refractivity contribution in [2.24, 2.45) is 0 Å².